The van der Waals surface area contributed by atoms with Crippen LogP contribution in [0.1, 0.15) is 0 Å². The van der Waals surface area contributed by atoms with Crippen molar-refractivity contribution in [2.24, 2.45) is 0 Å². The molecule has 0 aliphatic carbocycles. The van der Waals surface area contributed by atoms with Crippen molar-refractivity contribution in [3.63, 3.8) is 0 Å². The monoisotopic (exact) mass is 229 g/mol. The Labute approximate surface area is 82.8 Å². The first kappa shape index (κ1) is 31.8. The molecule has 0 fully saturated rings. The minimum absolute atomic E-state index is 0. The first-order valence-electron chi connectivity index (χ1n) is 2.34. The Bertz CT molecular complexity index is 21.8. The van der Waals surface area contributed by atoms with E-state index in [1.54, 1.807) is 0 Å². The lowest BCUT2D eigenvalue weighted by Gasteiger charge is -1.90. The summed E-state index contributed by atoms with van der Waals surface area (Å²) < 4.78 is 0. The molecule has 0 N–H and O–H groups in total. The molecule has 0 aliphatic rings. The van der Waals surface area contributed by atoms with Crippen LogP contribution in [0.15, 0.2) is 0 Å². The Morgan fingerprint density at radius 2 is 0.778 bits per heavy atom. The first-order chi connectivity index (χ1) is 2.73. The summed E-state index contributed by atoms with van der Waals surface area (Å²) in [6.07, 6.45) is 0. The van der Waals surface area contributed by atoms with Crippen molar-refractivity contribution in [2.75, 3.05) is 21.1 Å². The lowest BCUT2D eigenvalue weighted by atomic mass is 11.0. The fraction of sp³-hybridized carbons (Fsp3) is 1.00. The predicted octanol–water partition coefficient (Wildman–Crippen LogP) is -0.925. The van der Waals surface area contributed by atoms with Crippen LogP contribution in [0, 0.1) is 0 Å². The normalized spacial score (nSPS) is 5.33. The fourth-order valence-corrected chi connectivity index (χ4v) is 0. The van der Waals surface area contributed by atoms with Gasteiger partial charge in [-0.3, -0.25) is 0 Å². The van der Waals surface area contributed by atoms with Crippen molar-refractivity contribution >= 4 is 56.7 Å². The summed E-state index contributed by atoms with van der Waals surface area (Å²) in [6, 6.07) is 0. The highest BCUT2D eigenvalue weighted by Gasteiger charge is 1.58. The van der Waals surface area contributed by atoms with E-state index in [9.17, 15) is 0 Å². The summed E-state index contributed by atoms with van der Waals surface area (Å²) in [7, 11) is 8.89. The largest absolute Gasteiger partial charge is 0.312 e. The number of hydrogen-bond acceptors (Lipinski definition) is 1. The van der Waals surface area contributed by atoms with Gasteiger partial charge in [-0.1, -0.05) is 0 Å². The van der Waals surface area contributed by atoms with Gasteiger partial charge in [-0.2, -0.15) is 0 Å². The van der Waals surface area contributed by atoms with Gasteiger partial charge in [-0.15, -0.1) is 37.2 Å². The second-order valence-corrected chi connectivity index (χ2v) is 1.34. The molecule has 9 heavy (non-hydrogen) atoms. The summed E-state index contributed by atoms with van der Waals surface area (Å²) in [5.74, 6) is 0. The van der Waals surface area contributed by atoms with Crippen LogP contribution < -0.4 is 0 Å². The molecule has 0 atom stereocenters. The lowest BCUT2D eigenvalue weighted by Crippen LogP contribution is -1.99. The third-order valence-electron chi connectivity index (χ3n) is 0. The molecule has 0 rings (SSSR count). The Morgan fingerprint density at radius 1 is 0.778 bits per heavy atom. The quantitative estimate of drug-likeness (QED) is 0.487. The second kappa shape index (κ2) is 34.8. The van der Waals surface area contributed by atoms with Crippen LogP contribution in [-0.4, -0.2) is 45.6 Å². The Balaban J connectivity index is -0.00000000990. The summed E-state index contributed by atoms with van der Waals surface area (Å²) in [6.45, 7) is 0. The molecule has 0 spiro atoms. The summed E-state index contributed by atoms with van der Waals surface area (Å²) in [5.41, 5.74) is 0. The highest BCUT2D eigenvalue weighted by molar-refractivity contribution is 6.75. The zero-order valence-electron chi connectivity index (χ0n) is 6.67. The molecule has 0 unspecified atom stereocenters. The third kappa shape index (κ3) is 306. The van der Waals surface area contributed by atoms with Crippen LogP contribution in [0.3, 0.4) is 0 Å². The maximum absolute atomic E-state index is 2.00. The highest BCUT2D eigenvalue weighted by Crippen LogP contribution is 1.47. The summed E-state index contributed by atoms with van der Waals surface area (Å²) in [4.78, 5) is 2.00. The molecule has 0 radical (unpaired) electrons. The van der Waals surface area contributed by atoms with Gasteiger partial charge in [-0.25, -0.2) is 0 Å². The van der Waals surface area contributed by atoms with Crippen LogP contribution in [0.4, 0.5) is 0 Å². The van der Waals surface area contributed by atoms with Crippen LogP contribution in [-0.2, 0) is 0 Å². The molecular weight excluding hydrogens is 213 g/mol. The molecule has 64 valence electrons. The van der Waals surface area contributed by atoms with E-state index < -0.39 is 0 Å². The number of halogens is 3. The molecule has 6 heteroatoms. The van der Waals surface area contributed by atoms with Gasteiger partial charge in [0.15, 0.2) is 0 Å². The predicted molar refractivity (Wildman–Crippen MR) is 61.2 cm³/mol. The van der Waals surface area contributed by atoms with Gasteiger partial charge in [0, 0.05) is 0 Å². The zero-order valence-corrected chi connectivity index (χ0v) is 13.1. The SMILES string of the molecule is CN(C)C.Cl.Cl.Cl.[SiH3][SiH3]. The van der Waals surface area contributed by atoms with E-state index in [-0.39, 0.29) is 37.2 Å². The van der Waals surface area contributed by atoms with Gasteiger partial charge >= 0.3 is 0 Å². The standard InChI is InChI=1S/C3H9N.3ClH.H6Si2/c1-4(2)3;;;;1-2/h1-3H3;3*1H;1-2H3. The third-order valence-corrected chi connectivity index (χ3v) is 0. The number of hydrogen-bond donors (Lipinski definition) is 0. The van der Waals surface area contributed by atoms with Crippen LogP contribution >= 0.6 is 37.2 Å². The average Bonchev–Trinajstić information content (AvgIpc) is 1.41. The van der Waals surface area contributed by atoms with E-state index in [2.05, 4.69) is 0 Å². The fourth-order valence-electron chi connectivity index (χ4n) is 0. The number of rotatable bonds is 0. The lowest BCUT2D eigenvalue weighted by molar-refractivity contribution is 0.505. The van der Waals surface area contributed by atoms with E-state index in [0.29, 0.717) is 0 Å². The first-order valence-corrected chi connectivity index (χ1v) is 10.3. The molecule has 0 bridgehead atoms. The van der Waals surface area contributed by atoms with Gasteiger partial charge < -0.3 is 4.90 Å². The molecule has 0 amide bonds. The van der Waals surface area contributed by atoms with Crippen LogP contribution in [0.5, 0.6) is 0 Å². The number of nitrogens with zero attached hydrogens (tertiary/aromatic N) is 1. The molecular formula is C3H18Cl3NSi2. The van der Waals surface area contributed by atoms with E-state index in [1.807, 2.05) is 26.0 Å². The molecule has 0 saturated heterocycles. The van der Waals surface area contributed by atoms with Crippen molar-refractivity contribution in [3.8, 4) is 0 Å². The Kier molecular flexibility index (Phi) is 123. The summed E-state index contributed by atoms with van der Waals surface area (Å²) in [5, 5.41) is 0. The summed E-state index contributed by atoms with van der Waals surface area (Å²) >= 11 is 0. The maximum atomic E-state index is 2.00. The van der Waals surface area contributed by atoms with Crippen molar-refractivity contribution in [2.45, 2.75) is 0 Å². The minimum atomic E-state index is 0. The minimum Gasteiger partial charge on any atom is -0.312 e. The molecule has 0 aromatic rings. The highest BCUT2D eigenvalue weighted by atomic mass is 35.5. The van der Waals surface area contributed by atoms with Crippen molar-refractivity contribution < 1.29 is 0 Å². The molecule has 1 nitrogen and oxygen atoms in total. The topological polar surface area (TPSA) is 3.24 Å². The van der Waals surface area contributed by atoms with Gasteiger partial charge in [0.1, 0.15) is 0 Å². The molecule has 0 saturated carbocycles. The average molecular weight is 231 g/mol. The molecule has 0 aromatic carbocycles. The van der Waals surface area contributed by atoms with Crippen molar-refractivity contribution in [1.82, 2.24) is 4.90 Å². The van der Waals surface area contributed by atoms with Gasteiger partial charge in [0.05, 0.1) is 0 Å². The van der Waals surface area contributed by atoms with E-state index in [1.165, 1.54) is 19.5 Å². The van der Waals surface area contributed by atoms with E-state index in [4.69, 9.17) is 0 Å². The molecule has 0 heterocycles. The molecule has 0 aliphatic heterocycles. The van der Waals surface area contributed by atoms with Gasteiger partial charge in [0.25, 0.3) is 0 Å². The van der Waals surface area contributed by atoms with E-state index in [0.717, 1.165) is 0 Å². The van der Waals surface area contributed by atoms with Crippen LogP contribution in [0.25, 0.3) is 0 Å². The maximum Gasteiger partial charge on any atom is -0.0125 e. The van der Waals surface area contributed by atoms with E-state index >= 15 is 0 Å². The van der Waals surface area contributed by atoms with Crippen LogP contribution in [0.2, 0.25) is 0 Å². The molecule has 0 aromatic heterocycles. The smallest absolute Gasteiger partial charge is 0.0125 e. The Morgan fingerprint density at radius 3 is 0.778 bits per heavy atom. The van der Waals surface area contributed by atoms with Gasteiger partial charge in [-0.05, 0) is 40.7 Å². The Hall–Kier alpha value is 1.26. The van der Waals surface area contributed by atoms with Gasteiger partial charge in [0.2, 0.25) is 0 Å². The zero-order chi connectivity index (χ0) is 5.58. The second-order valence-electron chi connectivity index (χ2n) is 1.34. The van der Waals surface area contributed by atoms with Crippen molar-refractivity contribution in [1.29, 1.82) is 0 Å². The van der Waals surface area contributed by atoms with Crippen molar-refractivity contribution in [3.05, 3.63) is 0 Å².